The van der Waals surface area contributed by atoms with Crippen molar-refractivity contribution in [2.75, 3.05) is 20.1 Å². The Labute approximate surface area is 140 Å². The predicted molar refractivity (Wildman–Crippen MR) is 93.1 cm³/mol. The SMILES string of the molecule is CC(C)N1CCC(N(C)C(=O)CC(C)(O)c2ccccc2)CC1. The Morgan fingerprint density at radius 3 is 2.39 bits per heavy atom. The van der Waals surface area contributed by atoms with Gasteiger partial charge >= 0.3 is 0 Å². The summed E-state index contributed by atoms with van der Waals surface area (Å²) in [5.74, 6) is 0.0156. The van der Waals surface area contributed by atoms with E-state index in [0.717, 1.165) is 31.5 Å². The number of hydrogen-bond acceptors (Lipinski definition) is 3. The standard InChI is InChI=1S/C19H30N2O2/c1-15(2)21-12-10-17(11-13-21)20(4)18(22)14-19(3,23)16-8-6-5-7-9-16/h5-9,15,17,23H,10-14H2,1-4H3. The fourth-order valence-corrected chi connectivity index (χ4v) is 3.31. The fourth-order valence-electron chi connectivity index (χ4n) is 3.31. The van der Waals surface area contributed by atoms with E-state index in [1.165, 1.54) is 0 Å². The van der Waals surface area contributed by atoms with Gasteiger partial charge in [0.1, 0.15) is 0 Å². The van der Waals surface area contributed by atoms with Crippen molar-refractivity contribution in [1.29, 1.82) is 0 Å². The van der Waals surface area contributed by atoms with Crippen LogP contribution in [0.1, 0.15) is 45.6 Å². The zero-order chi connectivity index (χ0) is 17.0. The molecule has 0 spiro atoms. The number of likely N-dealkylation sites (tertiary alicyclic amines) is 1. The molecule has 1 N–H and O–H groups in total. The summed E-state index contributed by atoms with van der Waals surface area (Å²) >= 11 is 0. The van der Waals surface area contributed by atoms with Crippen molar-refractivity contribution in [1.82, 2.24) is 9.80 Å². The first-order valence-electron chi connectivity index (χ1n) is 8.59. The van der Waals surface area contributed by atoms with Gasteiger partial charge in [-0.25, -0.2) is 0 Å². The Kier molecular flexibility index (Phi) is 5.82. The van der Waals surface area contributed by atoms with Crippen LogP contribution in [0.15, 0.2) is 30.3 Å². The number of hydrogen-bond donors (Lipinski definition) is 1. The van der Waals surface area contributed by atoms with Crippen LogP contribution in [-0.4, -0.2) is 53.0 Å². The van der Waals surface area contributed by atoms with Crippen LogP contribution in [0.2, 0.25) is 0 Å². The molecule has 0 radical (unpaired) electrons. The summed E-state index contributed by atoms with van der Waals surface area (Å²) in [7, 11) is 1.87. The van der Waals surface area contributed by atoms with Crippen LogP contribution in [0, 0.1) is 0 Å². The predicted octanol–water partition coefficient (Wildman–Crippen LogP) is 2.62. The smallest absolute Gasteiger partial charge is 0.225 e. The van der Waals surface area contributed by atoms with E-state index < -0.39 is 5.60 Å². The molecule has 0 aromatic heterocycles. The lowest BCUT2D eigenvalue weighted by Gasteiger charge is -2.39. The number of benzene rings is 1. The first-order chi connectivity index (χ1) is 10.8. The maximum atomic E-state index is 12.6. The average molecular weight is 318 g/mol. The molecule has 1 saturated heterocycles. The van der Waals surface area contributed by atoms with Crippen LogP contribution < -0.4 is 0 Å². The molecule has 4 heteroatoms. The second-order valence-electron chi connectivity index (χ2n) is 7.18. The molecule has 128 valence electrons. The zero-order valence-corrected chi connectivity index (χ0v) is 14.8. The van der Waals surface area contributed by atoms with E-state index in [1.807, 2.05) is 42.3 Å². The molecule has 2 rings (SSSR count). The van der Waals surface area contributed by atoms with Gasteiger partial charge in [-0.1, -0.05) is 30.3 Å². The van der Waals surface area contributed by atoms with Crippen LogP contribution in [0.4, 0.5) is 0 Å². The highest BCUT2D eigenvalue weighted by molar-refractivity contribution is 5.77. The monoisotopic (exact) mass is 318 g/mol. The Morgan fingerprint density at radius 1 is 1.30 bits per heavy atom. The van der Waals surface area contributed by atoms with Crippen molar-refractivity contribution in [2.24, 2.45) is 0 Å². The Hall–Kier alpha value is -1.39. The van der Waals surface area contributed by atoms with Gasteiger partial charge < -0.3 is 14.9 Å². The van der Waals surface area contributed by atoms with E-state index >= 15 is 0 Å². The molecular formula is C19H30N2O2. The molecule has 1 aliphatic heterocycles. The summed E-state index contributed by atoms with van der Waals surface area (Å²) in [6.45, 7) is 8.22. The number of carbonyl (C=O) groups is 1. The lowest BCUT2D eigenvalue weighted by molar-refractivity contribution is -0.138. The van der Waals surface area contributed by atoms with Crippen LogP contribution in [0.3, 0.4) is 0 Å². The fraction of sp³-hybridized carbons (Fsp3) is 0.632. The van der Waals surface area contributed by atoms with Gasteiger partial charge in [0.25, 0.3) is 0 Å². The van der Waals surface area contributed by atoms with Crippen molar-refractivity contribution in [3.8, 4) is 0 Å². The molecule has 1 unspecified atom stereocenters. The molecule has 0 aliphatic carbocycles. The third-order valence-corrected chi connectivity index (χ3v) is 5.06. The molecule has 0 bridgehead atoms. The first-order valence-corrected chi connectivity index (χ1v) is 8.59. The maximum absolute atomic E-state index is 12.6. The molecule has 1 fully saturated rings. The van der Waals surface area contributed by atoms with E-state index in [0.29, 0.717) is 6.04 Å². The molecule has 1 amide bonds. The Bertz CT molecular complexity index is 505. The number of amides is 1. The number of nitrogens with zero attached hydrogens (tertiary/aromatic N) is 2. The minimum atomic E-state index is -1.12. The number of carbonyl (C=O) groups excluding carboxylic acids is 1. The highest BCUT2D eigenvalue weighted by Gasteiger charge is 2.31. The van der Waals surface area contributed by atoms with Gasteiger partial charge in [0.2, 0.25) is 5.91 Å². The van der Waals surface area contributed by atoms with Gasteiger partial charge in [0.15, 0.2) is 0 Å². The number of rotatable bonds is 5. The van der Waals surface area contributed by atoms with E-state index in [1.54, 1.807) is 6.92 Å². The minimum absolute atomic E-state index is 0.0156. The summed E-state index contributed by atoms with van der Waals surface area (Å²) in [6.07, 6.45) is 2.14. The quantitative estimate of drug-likeness (QED) is 0.907. The van der Waals surface area contributed by atoms with E-state index in [9.17, 15) is 9.90 Å². The Balaban J connectivity index is 1.93. The molecule has 0 saturated carbocycles. The van der Waals surface area contributed by atoms with Crippen LogP contribution >= 0.6 is 0 Å². The summed E-state index contributed by atoms with van der Waals surface area (Å²) < 4.78 is 0. The highest BCUT2D eigenvalue weighted by atomic mass is 16.3. The maximum Gasteiger partial charge on any atom is 0.225 e. The molecule has 1 aromatic rings. The van der Waals surface area contributed by atoms with Crippen LogP contribution in [-0.2, 0) is 10.4 Å². The second kappa shape index (κ2) is 7.45. The molecule has 1 aliphatic rings. The van der Waals surface area contributed by atoms with Crippen LogP contribution in [0.25, 0.3) is 0 Å². The van der Waals surface area contributed by atoms with Gasteiger partial charge in [-0.15, -0.1) is 0 Å². The van der Waals surface area contributed by atoms with Crippen molar-refractivity contribution in [3.05, 3.63) is 35.9 Å². The van der Waals surface area contributed by atoms with Crippen molar-refractivity contribution in [2.45, 2.75) is 57.7 Å². The van der Waals surface area contributed by atoms with Crippen LogP contribution in [0.5, 0.6) is 0 Å². The molecule has 1 atom stereocenters. The van der Waals surface area contributed by atoms with Crippen molar-refractivity contribution < 1.29 is 9.90 Å². The normalized spacial score (nSPS) is 19.6. The molecule has 4 nitrogen and oxygen atoms in total. The summed E-state index contributed by atoms with van der Waals surface area (Å²) in [4.78, 5) is 16.9. The van der Waals surface area contributed by atoms with Crippen molar-refractivity contribution in [3.63, 3.8) is 0 Å². The Morgan fingerprint density at radius 2 is 1.87 bits per heavy atom. The number of aliphatic hydroxyl groups is 1. The topological polar surface area (TPSA) is 43.8 Å². The first kappa shape index (κ1) is 18.0. The van der Waals surface area contributed by atoms with Gasteiger partial charge in [0.05, 0.1) is 12.0 Å². The van der Waals surface area contributed by atoms with E-state index in [4.69, 9.17) is 0 Å². The summed E-state index contributed by atoms with van der Waals surface area (Å²) in [5.41, 5.74) is -0.331. The third-order valence-electron chi connectivity index (χ3n) is 5.06. The van der Waals surface area contributed by atoms with E-state index in [-0.39, 0.29) is 18.4 Å². The molecule has 1 aromatic carbocycles. The van der Waals surface area contributed by atoms with Gasteiger partial charge in [0, 0.05) is 32.2 Å². The van der Waals surface area contributed by atoms with Crippen molar-refractivity contribution >= 4 is 5.91 Å². The molecule has 23 heavy (non-hydrogen) atoms. The third kappa shape index (κ3) is 4.55. The lowest BCUT2D eigenvalue weighted by atomic mass is 9.91. The molecular weight excluding hydrogens is 288 g/mol. The average Bonchev–Trinajstić information content (AvgIpc) is 2.54. The van der Waals surface area contributed by atoms with Gasteiger partial charge in [-0.05, 0) is 39.2 Å². The minimum Gasteiger partial charge on any atom is -0.385 e. The highest BCUT2D eigenvalue weighted by Crippen LogP contribution is 2.26. The van der Waals surface area contributed by atoms with E-state index in [2.05, 4.69) is 18.7 Å². The zero-order valence-electron chi connectivity index (χ0n) is 14.8. The largest absolute Gasteiger partial charge is 0.385 e. The van der Waals surface area contributed by atoms with Gasteiger partial charge in [-0.3, -0.25) is 4.79 Å². The summed E-state index contributed by atoms with van der Waals surface area (Å²) in [6, 6.07) is 10.3. The number of piperidine rings is 1. The summed E-state index contributed by atoms with van der Waals surface area (Å²) in [5, 5.41) is 10.7. The molecule has 1 heterocycles. The second-order valence-corrected chi connectivity index (χ2v) is 7.18. The lowest BCUT2D eigenvalue weighted by Crippen LogP contribution is -2.48. The van der Waals surface area contributed by atoms with Gasteiger partial charge in [-0.2, -0.15) is 0 Å².